The van der Waals surface area contributed by atoms with E-state index in [0.29, 0.717) is 47.5 Å². The van der Waals surface area contributed by atoms with Crippen molar-refractivity contribution in [3.05, 3.63) is 130 Å². The summed E-state index contributed by atoms with van der Waals surface area (Å²) < 4.78 is 0. The standard InChI is InChI=1S/C43H56ClN9O10S2.C8H9NO.2C2H6.CH4O/c1-64-65-25-35(52-36(56)18-11-26-5-12-29(44)13-6-26)43(63)53-34(21-28-9-16-31(55)17-10-28)42(62)49-24-39(59)50-32(4-2-3-19-45)41(61)48-22-37(57)47-23-38(58)51-33(40(46)60)20-27-7-14-30(54)15-8-27;1-6-2-4-7(5-3-6)8(9)10;3*1-2/h5-10,12-17,32-35,54-55H,2-4,11,18-25,45H2,1H3,(H2,46,60)(H,47,57)(H,48,61)(H,49,62)(H,50,59)(H,51,58)(H,52,56)(H,53,63);2-5H,1H3,(H2,9,10);2*1-2H3;2H,1H3/t32?,33?,34-,35?;;;;/m0..../s1. The topological polar surface area (TPSA) is 377 Å². The van der Waals surface area contributed by atoms with Crippen molar-refractivity contribution < 1.29 is 58.5 Å². The van der Waals surface area contributed by atoms with Crippen LogP contribution in [0, 0.1) is 6.92 Å². The average molecular weight is 1190 g/mol. The van der Waals surface area contributed by atoms with Gasteiger partial charge < -0.3 is 69.7 Å². The van der Waals surface area contributed by atoms with Gasteiger partial charge in [0.05, 0.1) is 19.6 Å². The molecule has 0 bridgehead atoms. The molecule has 0 aliphatic carbocycles. The summed E-state index contributed by atoms with van der Waals surface area (Å²) in [6.07, 6.45) is 3.36. The number of phenols is 2. The summed E-state index contributed by atoms with van der Waals surface area (Å²) in [6.45, 7) is 8.55. The molecular weight excluding hydrogens is 1100 g/mol. The van der Waals surface area contributed by atoms with Gasteiger partial charge in [-0.15, -0.1) is 0 Å². The Balaban J connectivity index is 0.00000349. The molecule has 0 aliphatic heterocycles. The maximum atomic E-state index is 13.7. The van der Waals surface area contributed by atoms with Crippen molar-refractivity contribution in [2.45, 2.75) is 104 Å². The quantitative estimate of drug-likeness (QED) is 0.0275. The van der Waals surface area contributed by atoms with E-state index in [2.05, 4.69) is 37.2 Å². The Morgan fingerprint density at radius 3 is 1.49 bits per heavy atom. The molecule has 3 unspecified atom stereocenters. The number of hydrogen-bond donors (Lipinski definition) is 13. The Morgan fingerprint density at radius 2 is 1.00 bits per heavy atom. The number of nitrogens with one attached hydrogen (secondary N) is 7. The highest BCUT2D eigenvalue weighted by Gasteiger charge is 2.29. The molecule has 9 amide bonds. The Morgan fingerprint density at radius 1 is 0.543 bits per heavy atom. The minimum absolute atomic E-state index is 0.0157. The van der Waals surface area contributed by atoms with E-state index in [4.69, 9.17) is 33.9 Å². The van der Waals surface area contributed by atoms with Gasteiger partial charge in [-0.05, 0) is 111 Å². The van der Waals surface area contributed by atoms with Crippen molar-refractivity contribution in [2.75, 3.05) is 45.3 Å². The Hall–Kier alpha value is -7.38. The van der Waals surface area contributed by atoms with E-state index in [-0.39, 0.29) is 54.7 Å². The van der Waals surface area contributed by atoms with Crippen molar-refractivity contribution in [3.63, 3.8) is 0 Å². The minimum Gasteiger partial charge on any atom is -0.508 e. The lowest BCUT2D eigenvalue weighted by Gasteiger charge is -2.23. The first-order valence-electron chi connectivity index (χ1n) is 26.0. The number of primary amides is 2. The van der Waals surface area contributed by atoms with Crippen LogP contribution in [-0.2, 0) is 57.6 Å². The Bertz CT molecular complexity index is 2530. The maximum absolute atomic E-state index is 13.7. The minimum atomic E-state index is -1.24. The predicted octanol–water partition coefficient (Wildman–Crippen LogP) is 2.84. The van der Waals surface area contributed by atoms with E-state index in [1.807, 2.05) is 53.0 Å². The summed E-state index contributed by atoms with van der Waals surface area (Å²) in [5.41, 5.74) is 19.8. The van der Waals surface area contributed by atoms with Gasteiger partial charge in [0.1, 0.15) is 35.7 Å². The molecule has 4 aromatic rings. The number of aliphatic hydroxyl groups excluding tert-OH is 1. The lowest BCUT2D eigenvalue weighted by Crippen LogP contribution is -2.56. The van der Waals surface area contributed by atoms with Crippen molar-refractivity contribution in [1.82, 2.24) is 37.2 Å². The fourth-order valence-corrected chi connectivity index (χ4v) is 8.18. The summed E-state index contributed by atoms with van der Waals surface area (Å²) in [5, 5.41) is 44.5. The molecule has 4 rings (SSSR count). The van der Waals surface area contributed by atoms with Crippen LogP contribution in [0.15, 0.2) is 97.1 Å². The van der Waals surface area contributed by atoms with Gasteiger partial charge in [0.15, 0.2) is 0 Å². The number of aliphatic hydroxyl groups is 1. The van der Waals surface area contributed by atoms with Crippen molar-refractivity contribution in [1.29, 1.82) is 0 Å². The molecule has 4 atom stereocenters. The van der Waals surface area contributed by atoms with Gasteiger partial charge in [-0.1, -0.05) is 115 Å². The number of amides is 9. The number of benzene rings is 4. The van der Waals surface area contributed by atoms with Crippen LogP contribution >= 0.6 is 33.2 Å². The molecule has 0 saturated carbocycles. The van der Waals surface area contributed by atoms with E-state index in [1.165, 1.54) is 45.9 Å². The second kappa shape index (κ2) is 43.4. The van der Waals surface area contributed by atoms with Crippen LogP contribution in [-0.4, -0.2) is 138 Å². The largest absolute Gasteiger partial charge is 0.508 e. The molecule has 0 radical (unpaired) electrons. The zero-order valence-electron chi connectivity index (χ0n) is 47.0. The Labute approximate surface area is 487 Å². The fourth-order valence-electron chi connectivity index (χ4n) is 6.73. The van der Waals surface area contributed by atoms with Gasteiger partial charge >= 0.3 is 0 Å². The van der Waals surface area contributed by atoms with Crippen LogP contribution in [0.5, 0.6) is 11.5 Å². The molecule has 16 N–H and O–H groups in total. The summed E-state index contributed by atoms with van der Waals surface area (Å²) in [4.78, 5) is 114. The van der Waals surface area contributed by atoms with Gasteiger partial charge in [0.25, 0.3) is 0 Å². The molecule has 0 aliphatic rings. The highest BCUT2D eigenvalue weighted by molar-refractivity contribution is 8.76. The second-order valence-electron chi connectivity index (χ2n) is 16.9. The molecule has 0 fully saturated rings. The normalized spacial score (nSPS) is 11.5. The van der Waals surface area contributed by atoms with Crippen molar-refractivity contribution >= 4 is 86.4 Å². The van der Waals surface area contributed by atoms with Crippen LogP contribution < -0.4 is 54.4 Å². The van der Waals surface area contributed by atoms with Crippen LogP contribution in [0.4, 0.5) is 0 Å². The van der Waals surface area contributed by atoms with E-state index in [1.54, 1.807) is 60.7 Å². The van der Waals surface area contributed by atoms with Gasteiger partial charge in [0, 0.05) is 42.7 Å². The van der Waals surface area contributed by atoms with Gasteiger partial charge in [-0.3, -0.25) is 43.2 Å². The third kappa shape index (κ3) is 32.5. The molecule has 0 spiro atoms. The van der Waals surface area contributed by atoms with E-state index in [0.717, 1.165) is 18.2 Å². The number of aromatic hydroxyl groups is 2. The summed E-state index contributed by atoms with van der Waals surface area (Å²) in [7, 11) is 3.72. The number of carbonyl (C=O) groups is 9. The molecule has 446 valence electrons. The van der Waals surface area contributed by atoms with Gasteiger partial charge in [-0.25, -0.2) is 0 Å². The number of nitrogens with two attached hydrogens (primary N) is 3. The first-order chi connectivity index (χ1) is 38.8. The Kier molecular flexibility index (Phi) is 39.5. The lowest BCUT2D eigenvalue weighted by atomic mass is 10.0. The SMILES string of the molecule is CC.CC.CO.CSSCC(NC(=O)CCc1ccc(Cl)cc1)C(=O)N[C@@H](Cc1ccc(O)cc1)C(=O)NCC(=O)NC(CCCCN)C(=O)NCC(=O)NCC(=O)NC(Cc1ccc(O)cc1)C(N)=O.Cc1ccc(C(N)=O)cc1. The molecule has 25 heteroatoms. The summed E-state index contributed by atoms with van der Waals surface area (Å²) in [6, 6.07) is 21.6. The van der Waals surface area contributed by atoms with E-state index < -0.39 is 85.2 Å². The second-order valence-corrected chi connectivity index (χ2v) is 19.9. The number of phenolic OH excluding ortho intramolecular Hbond substituents is 2. The average Bonchev–Trinajstić information content (AvgIpc) is 3.46. The van der Waals surface area contributed by atoms with Crippen LogP contribution in [0.2, 0.25) is 5.02 Å². The highest BCUT2D eigenvalue weighted by Crippen LogP contribution is 2.19. The molecule has 0 heterocycles. The lowest BCUT2D eigenvalue weighted by molar-refractivity contribution is -0.133. The molecule has 0 saturated heterocycles. The number of carbonyl (C=O) groups excluding carboxylic acids is 9. The maximum Gasteiger partial charge on any atom is 0.248 e. The monoisotopic (exact) mass is 1180 g/mol. The summed E-state index contributed by atoms with van der Waals surface area (Å²) in [5.74, 6) is -5.76. The van der Waals surface area contributed by atoms with Crippen LogP contribution in [0.3, 0.4) is 0 Å². The van der Waals surface area contributed by atoms with Crippen LogP contribution in [0.25, 0.3) is 0 Å². The first kappa shape index (κ1) is 73.6. The zero-order valence-corrected chi connectivity index (χ0v) is 49.4. The number of aryl methyl sites for hydroxylation is 2. The van der Waals surface area contributed by atoms with Crippen molar-refractivity contribution in [2.24, 2.45) is 17.2 Å². The fraction of sp³-hybridized carbons (Fsp3) is 0.411. The third-order valence-corrected chi connectivity index (χ3v) is 12.9. The van der Waals surface area contributed by atoms with Crippen molar-refractivity contribution in [3.8, 4) is 11.5 Å². The third-order valence-electron chi connectivity index (χ3n) is 10.8. The van der Waals surface area contributed by atoms with Gasteiger partial charge in [0.2, 0.25) is 53.2 Å². The first-order valence-corrected chi connectivity index (χ1v) is 29.1. The highest BCUT2D eigenvalue weighted by atomic mass is 35.5. The van der Waals surface area contributed by atoms with E-state index >= 15 is 0 Å². The number of halogens is 1. The zero-order chi connectivity index (χ0) is 61.3. The number of rotatable bonds is 29. The number of hydrogen-bond acceptors (Lipinski definition) is 15. The molecular formula is C56H81ClN10O12S2. The molecule has 81 heavy (non-hydrogen) atoms. The molecule has 4 aromatic carbocycles. The van der Waals surface area contributed by atoms with Crippen LogP contribution in [0.1, 0.15) is 86.0 Å². The smallest absolute Gasteiger partial charge is 0.248 e. The predicted molar refractivity (Wildman–Crippen MR) is 319 cm³/mol. The number of unbranched alkanes of at least 4 members (excludes halogenated alkanes) is 1. The van der Waals surface area contributed by atoms with E-state index in [9.17, 15) is 53.4 Å². The molecule has 22 nitrogen and oxygen atoms in total. The summed E-state index contributed by atoms with van der Waals surface area (Å²) >= 11 is 5.96. The molecule has 0 aromatic heterocycles. The van der Waals surface area contributed by atoms with Gasteiger partial charge in [-0.2, -0.15) is 0 Å².